The molecule has 1 aromatic carbocycles. The number of aliphatic imine (C=N–C) groups is 1. The van der Waals surface area contributed by atoms with E-state index in [2.05, 4.69) is 14.9 Å². The number of fused-ring (bicyclic) bond motifs is 1. The SMILES string of the molecule is NC(=O)c1ccc(CN2CCC(/C(N)=C3\c4cc[nH]c4N=CN3N)CC2)cc1. The van der Waals surface area contributed by atoms with Crippen LogP contribution in [0, 0.1) is 5.92 Å². The number of nitrogens with one attached hydrogen (secondary N) is 1. The second-order valence-electron chi connectivity index (χ2n) is 7.31. The zero-order chi connectivity index (χ0) is 19.7. The van der Waals surface area contributed by atoms with Crippen molar-refractivity contribution in [3.63, 3.8) is 0 Å². The summed E-state index contributed by atoms with van der Waals surface area (Å²) < 4.78 is 0. The summed E-state index contributed by atoms with van der Waals surface area (Å²) in [7, 11) is 0. The molecule has 0 aliphatic carbocycles. The molecule has 4 rings (SSSR count). The molecule has 1 saturated heterocycles. The van der Waals surface area contributed by atoms with Crippen molar-refractivity contribution >= 4 is 23.8 Å². The maximum Gasteiger partial charge on any atom is 0.248 e. The lowest BCUT2D eigenvalue weighted by Crippen LogP contribution is -2.38. The number of likely N-dealkylation sites (tertiary alicyclic amines) is 1. The van der Waals surface area contributed by atoms with Gasteiger partial charge in [-0.15, -0.1) is 0 Å². The Labute approximate surface area is 163 Å². The number of nitrogens with two attached hydrogens (primary N) is 3. The fourth-order valence-corrected chi connectivity index (χ4v) is 3.91. The minimum atomic E-state index is -0.400. The molecule has 1 amide bonds. The van der Waals surface area contributed by atoms with Crippen molar-refractivity contribution < 1.29 is 4.79 Å². The van der Waals surface area contributed by atoms with Crippen LogP contribution in [0.5, 0.6) is 0 Å². The Kier molecular flexibility index (Phi) is 4.89. The number of piperidine rings is 1. The molecule has 0 atom stereocenters. The number of primary amides is 1. The average molecular weight is 379 g/mol. The molecular formula is C20H25N7O. The highest BCUT2D eigenvalue weighted by molar-refractivity contribution is 5.92. The van der Waals surface area contributed by atoms with Crippen LogP contribution >= 0.6 is 0 Å². The van der Waals surface area contributed by atoms with Gasteiger partial charge in [-0.1, -0.05) is 12.1 Å². The van der Waals surface area contributed by atoms with E-state index < -0.39 is 5.91 Å². The molecular weight excluding hydrogens is 354 g/mol. The Hall–Kier alpha value is -3.10. The third kappa shape index (κ3) is 3.51. The number of nitrogens with zero attached hydrogens (tertiary/aromatic N) is 3. The number of carbonyl (C=O) groups is 1. The highest BCUT2D eigenvalue weighted by atomic mass is 16.1. The third-order valence-corrected chi connectivity index (χ3v) is 5.50. The summed E-state index contributed by atoms with van der Waals surface area (Å²) >= 11 is 0. The van der Waals surface area contributed by atoms with Gasteiger partial charge in [0.05, 0.1) is 5.70 Å². The van der Waals surface area contributed by atoms with Crippen molar-refractivity contribution in [2.45, 2.75) is 19.4 Å². The molecule has 0 unspecified atom stereocenters. The summed E-state index contributed by atoms with van der Waals surface area (Å²) in [5.41, 5.74) is 16.2. The van der Waals surface area contributed by atoms with Crippen LogP contribution < -0.4 is 17.3 Å². The van der Waals surface area contributed by atoms with Crippen LogP contribution in [0.4, 0.5) is 5.82 Å². The molecule has 0 bridgehead atoms. The van der Waals surface area contributed by atoms with Gasteiger partial charge in [-0.3, -0.25) is 14.7 Å². The van der Waals surface area contributed by atoms with E-state index in [1.165, 1.54) is 10.6 Å². The molecule has 1 fully saturated rings. The lowest BCUT2D eigenvalue weighted by atomic mass is 9.91. The van der Waals surface area contributed by atoms with Gasteiger partial charge in [0.2, 0.25) is 5.91 Å². The van der Waals surface area contributed by atoms with Crippen LogP contribution in [-0.4, -0.2) is 40.2 Å². The number of carbonyl (C=O) groups excluding carboxylic acids is 1. The normalized spacial score (nSPS) is 19.5. The lowest BCUT2D eigenvalue weighted by molar-refractivity contribution is 0.1000. The number of amides is 1. The highest BCUT2D eigenvalue weighted by Crippen LogP contribution is 2.34. The van der Waals surface area contributed by atoms with Crippen molar-refractivity contribution in [3.8, 4) is 0 Å². The predicted octanol–water partition coefficient (Wildman–Crippen LogP) is 1.50. The summed E-state index contributed by atoms with van der Waals surface area (Å²) in [6.07, 6.45) is 5.38. The fraction of sp³-hybridized carbons (Fsp3) is 0.300. The van der Waals surface area contributed by atoms with E-state index in [9.17, 15) is 4.79 Å². The second kappa shape index (κ2) is 7.49. The van der Waals surface area contributed by atoms with Crippen molar-refractivity contribution in [1.29, 1.82) is 0 Å². The first-order chi connectivity index (χ1) is 13.5. The van der Waals surface area contributed by atoms with Gasteiger partial charge >= 0.3 is 0 Å². The van der Waals surface area contributed by atoms with Gasteiger partial charge < -0.3 is 16.5 Å². The van der Waals surface area contributed by atoms with E-state index in [4.69, 9.17) is 17.3 Å². The molecule has 146 valence electrons. The van der Waals surface area contributed by atoms with Crippen molar-refractivity contribution in [3.05, 3.63) is 58.9 Å². The Bertz CT molecular complexity index is 920. The quantitative estimate of drug-likeness (QED) is 0.598. The topological polar surface area (TPSA) is 130 Å². The van der Waals surface area contributed by atoms with Gasteiger partial charge in [-0.05, 0) is 49.7 Å². The van der Waals surface area contributed by atoms with Crippen molar-refractivity contribution in [1.82, 2.24) is 14.9 Å². The van der Waals surface area contributed by atoms with Crippen LogP contribution in [0.25, 0.3) is 5.70 Å². The highest BCUT2D eigenvalue weighted by Gasteiger charge is 2.27. The minimum absolute atomic E-state index is 0.281. The van der Waals surface area contributed by atoms with Gasteiger partial charge in [0.15, 0.2) is 0 Å². The van der Waals surface area contributed by atoms with Gasteiger partial charge in [0.25, 0.3) is 0 Å². The van der Waals surface area contributed by atoms with Crippen LogP contribution in [0.2, 0.25) is 0 Å². The molecule has 8 nitrogen and oxygen atoms in total. The van der Waals surface area contributed by atoms with Crippen molar-refractivity contribution in [2.24, 2.45) is 28.2 Å². The molecule has 2 aromatic rings. The largest absolute Gasteiger partial charge is 0.400 e. The first-order valence-electron chi connectivity index (χ1n) is 9.39. The Morgan fingerprint density at radius 2 is 1.86 bits per heavy atom. The number of aromatic amines is 1. The number of aromatic nitrogens is 1. The molecule has 8 heteroatoms. The molecule has 0 saturated carbocycles. The number of benzene rings is 1. The molecule has 7 N–H and O–H groups in total. The average Bonchev–Trinajstić information content (AvgIpc) is 3.17. The maximum absolute atomic E-state index is 11.2. The first kappa shape index (κ1) is 18.3. The molecule has 1 aromatic heterocycles. The summed E-state index contributed by atoms with van der Waals surface area (Å²) in [6.45, 7) is 2.75. The third-order valence-electron chi connectivity index (χ3n) is 5.50. The number of hydrogen-bond donors (Lipinski definition) is 4. The van der Waals surface area contributed by atoms with E-state index in [-0.39, 0.29) is 5.92 Å². The Morgan fingerprint density at radius 3 is 2.54 bits per heavy atom. The summed E-state index contributed by atoms with van der Waals surface area (Å²) in [5.74, 6) is 6.78. The zero-order valence-electron chi connectivity index (χ0n) is 15.6. The van der Waals surface area contributed by atoms with E-state index in [1.54, 1.807) is 18.5 Å². The maximum atomic E-state index is 11.2. The van der Waals surface area contributed by atoms with Gasteiger partial charge in [-0.2, -0.15) is 0 Å². The Morgan fingerprint density at radius 1 is 1.14 bits per heavy atom. The van der Waals surface area contributed by atoms with E-state index in [0.717, 1.165) is 55.3 Å². The smallest absolute Gasteiger partial charge is 0.248 e. The minimum Gasteiger partial charge on any atom is -0.400 e. The summed E-state index contributed by atoms with van der Waals surface area (Å²) in [5, 5.41) is 1.51. The lowest BCUT2D eigenvalue weighted by Gasteiger charge is -2.34. The van der Waals surface area contributed by atoms with Gasteiger partial charge in [0, 0.05) is 35.5 Å². The van der Waals surface area contributed by atoms with Gasteiger partial charge in [-0.25, -0.2) is 10.8 Å². The van der Waals surface area contributed by atoms with E-state index >= 15 is 0 Å². The molecule has 0 radical (unpaired) electrons. The fourth-order valence-electron chi connectivity index (χ4n) is 3.91. The van der Waals surface area contributed by atoms with Crippen LogP contribution in [-0.2, 0) is 6.54 Å². The second-order valence-corrected chi connectivity index (χ2v) is 7.31. The number of rotatable bonds is 4. The number of H-pyrrole nitrogens is 1. The molecule has 3 heterocycles. The van der Waals surface area contributed by atoms with Crippen molar-refractivity contribution in [2.75, 3.05) is 13.1 Å². The standard InChI is InChI=1S/C20H25N7O/c21-17(18-16-5-8-24-20(16)25-12-27(18)23)14-6-9-26(10-7-14)11-13-1-3-15(4-2-13)19(22)28/h1-5,8,12,14,24H,6-7,9-11,21,23H2,(H2,22,28)/b18-17-. The molecule has 2 aliphatic rings. The Balaban J connectivity index is 1.41. The first-order valence-corrected chi connectivity index (χ1v) is 9.39. The number of hydrazine groups is 1. The van der Waals surface area contributed by atoms with E-state index in [1.807, 2.05) is 24.4 Å². The molecule has 28 heavy (non-hydrogen) atoms. The molecule has 0 spiro atoms. The monoisotopic (exact) mass is 379 g/mol. The summed E-state index contributed by atoms with van der Waals surface area (Å²) in [6, 6.07) is 9.44. The zero-order valence-corrected chi connectivity index (χ0v) is 15.6. The number of allylic oxidation sites excluding steroid dienone is 1. The van der Waals surface area contributed by atoms with Crippen LogP contribution in [0.1, 0.15) is 34.3 Å². The molecule has 2 aliphatic heterocycles. The van der Waals surface area contributed by atoms with E-state index in [0.29, 0.717) is 5.56 Å². The summed E-state index contributed by atoms with van der Waals surface area (Å²) in [4.78, 5) is 21.0. The van der Waals surface area contributed by atoms with Gasteiger partial charge in [0.1, 0.15) is 12.2 Å². The van der Waals surface area contributed by atoms with Crippen LogP contribution in [0.15, 0.2) is 47.2 Å². The van der Waals surface area contributed by atoms with Crippen LogP contribution in [0.3, 0.4) is 0 Å². The number of hydrogen-bond acceptors (Lipinski definition) is 6. The predicted molar refractivity (Wildman–Crippen MR) is 109 cm³/mol.